The third-order valence-electron chi connectivity index (χ3n) is 12.8. The van der Waals surface area contributed by atoms with Crippen LogP contribution >= 0.6 is 7.92 Å². The molecule has 0 aliphatic heterocycles. The molecule has 0 unspecified atom stereocenters. The van der Waals surface area contributed by atoms with Crippen LogP contribution in [-0.4, -0.2) is 68.5 Å². The van der Waals surface area contributed by atoms with Crippen LogP contribution in [0.5, 0.6) is 0 Å². The van der Waals surface area contributed by atoms with Crippen LogP contribution in [0.2, 0.25) is 0 Å². The van der Waals surface area contributed by atoms with E-state index in [0.717, 1.165) is 114 Å². The Kier molecular flexibility index (Phi) is 47.2. The van der Waals surface area contributed by atoms with Crippen molar-refractivity contribution < 1.29 is 23.9 Å². The summed E-state index contributed by atoms with van der Waals surface area (Å²) in [5.74, 6) is 1.37. The lowest BCUT2D eigenvalue weighted by Crippen LogP contribution is -2.14. The van der Waals surface area contributed by atoms with Gasteiger partial charge in [0, 0.05) is 19.3 Å². The van der Waals surface area contributed by atoms with Gasteiger partial charge in [0.15, 0.2) is 5.52 Å². The third-order valence-corrected chi connectivity index (χ3v) is 15.4. The monoisotopic (exact) mass is 904 g/mol. The zero-order valence-corrected chi connectivity index (χ0v) is 43.8. The maximum absolute atomic E-state index is 13.3. The fraction of sp³-hybridized carbons (Fsp3) is 0.875. The molecule has 0 atom stereocenters. The molecule has 0 rings (SSSR count). The Hall–Kier alpha value is -1.52. The summed E-state index contributed by atoms with van der Waals surface area (Å²) < 4.78 is 11.1. The maximum atomic E-state index is 13.3. The summed E-state index contributed by atoms with van der Waals surface area (Å²) in [6.07, 6.45) is 52.7. The Morgan fingerprint density at radius 2 is 0.778 bits per heavy atom. The number of ether oxygens (including phenoxy) is 2. The van der Waals surface area contributed by atoms with E-state index in [1.165, 1.54) is 128 Å². The fourth-order valence-electron chi connectivity index (χ4n) is 8.61. The highest BCUT2D eigenvalue weighted by Gasteiger charge is 2.17. The zero-order chi connectivity index (χ0) is 46.3. The van der Waals surface area contributed by atoms with Gasteiger partial charge < -0.3 is 14.4 Å². The zero-order valence-electron chi connectivity index (χ0n) is 42.9. The van der Waals surface area contributed by atoms with Gasteiger partial charge in [-0.2, -0.15) is 0 Å². The molecule has 0 saturated heterocycles. The molecule has 7 heteroatoms. The molecule has 0 aliphatic rings. The van der Waals surface area contributed by atoms with Gasteiger partial charge in [-0.15, -0.1) is 0 Å². The first-order valence-electron chi connectivity index (χ1n) is 27.3. The van der Waals surface area contributed by atoms with Crippen LogP contribution in [0.15, 0.2) is 24.3 Å². The van der Waals surface area contributed by atoms with E-state index in [9.17, 15) is 14.4 Å². The third kappa shape index (κ3) is 44.1. The van der Waals surface area contributed by atoms with Crippen molar-refractivity contribution in [3.8, 4) is 0 Å². The van der Waals surface area contributed by atoms with E-state index < -0.39 is 7.92 Å². The minimum Gasteiger partial charge on any atom is -0.461 e. The second-order valence-electron chi connectivity index (χ2n) is 19.2. The molecule has 0 aliphatic carbocycles. The van der Waals surface area contributed by atoms with E-state index in [2.05, 4.69) is 71.0 Å². The highest BCUT2D eigenvalue weighted by molar-refractivity contribution is 7.74. The first kappa shape index (κ1) is 61.5. The minimum atomic E-state index is -0.591. The van der Waals surface area contributed by atoms with E-state index in [1.807, 2.05) is 0 Å². The number of rotatable bonds is 49. The van der Waals surface area contributed by atoms with Gasteiger partial charge in [-0.1, -0.05) is 219 Å². The largest absolute Gasteiger partial charge is 0.461 e. The van der Waals surface area contributed by atoms with Gasteiger partial charge in [-0.05, 0) is 97.7 Å². The van der Waals surface area contributed by atoms with Crippen LogP contribution in [0.4, 0.5) is 0 Å². The Morgan fingerprint density at radius 1 is 0.429 bits per heavy atom. The number of nitrogens with zero attached hydrogens (tertiary/aromatic N) is 1. The lowest BCUT2D eigenvalue weighted by atomic mass is 9.91. The Morgan fingerprint density at radius 3 is 1.14 bits per heavy atom. The van der Waals surface area contributed by atoms with E-state index in [4.69, 9.17) is 9.47 Å². The van der Waals surface area contributed by atoms with Crippen LogP contribution in [0, 0.1) is 11.8 Å². The number of esters is 2. The SMILES string of the molecule is CCCCCCC(CC=CCOC(=O)CCCCCCCP(CCCCCCCC(=O)OCC=CCC(CCCCCC)CCCCCC)C(=O)CCCN(C)C)CCCCCC. The van der Waals surface area contributed by atoms with E-state index in [1.54, 1.807) is 0 Å². The van der Waals surface area contributed by atoms with Crippen LogP contribution in [-0.2, 0) is 23.9 Å². The lowest BCUT2D eigenvalue weighted by Gasteiger charge is -2.17. The van der Waals surface area contributed by atoms with Gasteiger partial charge in [0.2, 0.25) is 0 Å². The predicted octanol–water partition coefficient (Wildman–Crippen LogP) is 17.1. The van der Waals surface area contributed by atoms with Gasteiger partial charge in [0.1, 0.15) is 13.2 Å². The summed E-state index contributed by atoms with van der Waals surface area (Å²) in [5.41, 5.74) is 0.504. The molecule has 0 spiro atoms. The van der Waals surface area contributed by atoms with Crippen molar-refractivity contribution in [1.82, 2.24) is 4.90 Å². The number of carbonyl (C=O) groups excluding carboxylic acids is 3. The second kappa shape index (κ2) is 48.4. The maximum Gasteiger partial charge on any atom is 0.306 e. The number of carbonyl (C=O) groups is 3. The highest BCUT2D eigenvalue weighted by Crippen LogP contribution is 2.41. The molecule has 63 heavy (non-hydrogen) atoms. The van der Waals surface area contributed by atoms with E-state index in [0.29, 0.717) is 38.0 Å². The fourth-order valence-corrected chi connectivity index (χ4v) is 11.0. The summed E-state index contributed by atoms with van der Waals surface area (Å²) in [5, 5.41) is 0. The molecule has 0 radical (unpaired) electrons. The summed E-state index contributed by atoms with van der Waals surface area (Å²) in [6.45, 7) is 10.9. The van der Waals surface area contributed by atoms with Crippen LogP contribution < -0.4 is 0 Å². The Balaban J connectivity index is 4.35. The van der Waals surface area contributed by atoms with Crippen LogP contribution in [0.1, 0.15) is 259 Å². The molecule has 0 bridgehead atoms. The van der Waals surface area contributed by atoms with Crippen molar-refractivity contribution in [2.45, 2.75) is 259 Å². The Labute approximate surface area is 393 Å². The van der Waals surface area contributed by atoms with Crippen molar-refractivity contribution in [3.05, 3.63) is 24.3 Å². The molecule has 6 nitrogen and oxygen atoms in total. The molecule has 0 aromatic carbocycles. The van der Waals surface area contributed by atoms with E-state index in [-0.39, 0.29) is 11.9 Å². The normalized spacial score (nSPS) is 12.5. The molecule has 0 amide bonds. The van der Waals surface area contributed by atoms with Gasteiger partial charge in [0.25, 0.3) is 0 Å². The topological polar surface area (TPSA) is 72.9 Å². The summed E-state index contributed by atoms with van der Waals surface area (Å²) in [6, 6.07) is 0. The average Bonchev–Trinajstić information content (AvgIpc) is 3.26. The average molecular weight is 904 g/mol. The molecule has 0 aromatic rings. The van der Waals surface area contributed by atoms with Crippen LogP contribution in [0.3, 0.4) is 0 Å². The molecular weight excluding hydrogens is 798 g/mol. The predicted molar refractivity (Wildman–Crippen MR) is 276 cm³/mol. The first-order valence-corrected chi connectivity index (χ1v) is 29.0. The van der Waals surface area contributed by atoms with Crippen molar-refractivity contribution in [2.24, 2.45) is 11.8 Å². The molecule has 0 fully saturated rings. The molecule has 0 heterocycles. The number of allylic oxidation sites excluding steroid dienone is 2. The van der Waals surface area contributed by atoms with Gasteiger partial charge in [-0.3, -0.25) is 14.4 Å². The number of unbranched alkanes of at least 4 members (excludes halogenated alkanes) is 20. The minimum absolute atomic E-state index is 0.0786. The molecule has 0 N–H and O–H groups in total. The van der Waals surface area contributed by atoms with Crippen molar-refractivity contribution in [2.75, 3.05) is 46.2 Å². The van der Waals surface area contributed by atoms with Crippen molar-refractivity contribution in [1.29, 1.82) is 0 Å². The highest BCUT2D eigenvalue weighted by atomic mass is 31.1. The number of hydrogen-bond acceptors (Lipinski definition) is 6. The van der Waals surface area contributed by atoms with Crippen molar-refractivity contribution in [3.63, 3.8) is 0 Å². The first-order chi connectivity index (χ1) is 30.8. The van der Waals surface area contributed by atoms with Crippen LogP contribution in [0.25, 0.3) is 0 Å². The van der Waals surface area contributed by atoms with Gasteiger partial charge in [-0.25, -0.2) is 0 Å². The molecule has 0 aromatic heterocycles. The van der Waals surface area contributed by atoms with E-state index >= 15 is 0 Å². The standard InChI is InChI=1S/C56H106NO5P/c1-7-11-15-25-38-52(39-26-16-12-8-2)42-31-33-48-61-54(58)44-29-21-19-23-35-50-63(56(60)46-37-47-57(5)6)51-36-24-20-22-30-45-55(59)62-49-34-32-43-53(40-27-17-13-9-3)41-28-18-14-10-4/h31-34,52-53H,7-30,35-51H2,1-6H3. The molecule has 370 valence electrons. The lowest BCUT2D eigenvalue weighted by molar-refractivity contribution is -0.143. The quantitative estimate of drug-likeness (QED) is 0.0262. The summed E-state index contributed by atoms with van der Waals surface area (Å²) in [7, 11) is 3.56. The summed E-state index contributed by atoms with van der Waals surface area (Å²) >= 11 is 0. The summed E-state index contributed by atoms with van der Waals surface area (Å²) in [4.78, 5) is 40.2. The van der Waals surface area contributed by atoms with Gasteiger partial charge >= 0.3 is 11.9 Å². The second-order valence-corrected chi connectivity index (χ2v) is 21.7. The molecular formula is C56H106NO5P. The number of hydrogen-bond donors (Lipinski definition) is 0. The van der Waals surface area contributed by atoms with Gasteiger partial charge in [0.05, 0.1) is 0 Å². The molecule has 0 saturated carbocycles. The smallest absolute Gasteiger partial charge is 0.306 e. The Bertz CT molecular complexity index is 982. The van der Waals surface area contributed by atoms with Crippen molar-refractivity contribution >= 4 is 25.4 Å².